The zero-order valence-electron chi connectivity index (χ0n) is 18.0. The average Bonchev–Trinajstić information content (AvgIpc) is 3.21. The maximum atomic E-state index is 13.2. The SMILES string of the molecule is Cc1ccc(NC(=O)c2cc(-c3ccc([N+](=O)[O-])cc3)nn2-c2ccc(C)cc2C)cc1. The maximum Gasteiger partial charge on any atom is 0.274 e. The number of rotatable bonds is 5. The summed E-state index contributed by atoms with van der Waals surface area (Å²) in [6, 6.07) is 21.3. The molecule has 7 nitrogen and oxygen atoms in total. The van der Waals surface area contributed by atoms with Crippen LogP contribution in [0.15, 0.2) is 72.8 Å². The van der Waals surface area contributed by atoms with Crippen LogP contribution in [0.2, 0.25) is 0 Å². The molecule has 7 heteroatoms. The highest BCUT2D eigenvalue weighted by Crippen LogP contribution is 2.26. The van der Waals surface area contributed by atoms with Gasteiger partial charge in [-0.1, -0.05) is 35.4 Å². The molecular formula is C25H22N4O3. The van der Waals surface area contributed by atoms with Gasteiger partial charge < -0.3 is 5.32 Å². The van der Waals surface area contributed by atoms with Crippen molar-refractivity contribution in [3.63, 3.8) is 0 Å². The minimum absolute atomic E-state index is 0.0000933. The average molecular weight is 426 g/mol. The molecule has 1 heterocycles. The van der Waals surface area contributed by atoms with Crippen LogP contribution < -0.4 is 5.32 Å². The van der Waals surface area contributed by atoms with Gasteiger partial charge in [0.05, 0.1) is 16.3 Å². The van der Waals surface area contributed by atoms with E-state index in [1.54, 1.807) is 22.9 Å². The first kappa shape index (κ1) is 21.0. The van der Waals surface area contributed by atoms with Crippen molar-refractivity contribution in [3.8, 4) is 16.9 Å². The van der Waals surface area contributed by atoms with E-state index < -0.39 is 4.92 Å². The Morgan fingerprint density at radius 3 is 2.19 bits per heavy atom. The second kappa shape index (κ2) is 8.47. The quantitative estimate of drug-likeness (QED) is 0.331. The molecule has 0 aliphatic rings. The molecule has 1 aromatic heterocycles. The van der Waals surface area contributed by atoms with Gasteiger partial charge in [-0.3, -0.25) is 14.9 Å². The summed E-state index contributed by atoms with van der Waals surface area (Å²) in [6.07, 6.45) is 0. The molecule has 1 N–H and O–H groups in total. The van der Waals surface area contributed by atoms with E-state index in [1.165, 1.54) is 12.1 Å². The third-order valence-electron chi connectivity index (χ3n) is 5.21. The molecule has 0 saturated carbocycles. The number of hydrogen-bond donors (Lipinski definition) is 1. The van der Waals surface area contributed by atoms with Crippen molar-refractivity contribution < 1.29 is 9.72 Å². The van der Waals surface area contributed by atoms with E-state index in [2.05, 4.69) is 10.4 Å². The molecule has 3 aromatic carbocycles. The van der Waals surface area contributed by atoms with E-state index in [0.717, 1.165) is 22.4 Å². The first-order valence-corrected chi connectivity index (χ1v) is 10.1. The van der Waals surface area contributed by atoms with Crippen molar-refractivity contribution in [2.24, 2.45) is 0 Å². The summed E-state index contributed by atoms with van der Waals surface area (Å²) in [4.78, 5) is 23.7. The zero-order chi connectivity index (χ0) is 22.8. The molecule has 160 valence electrons. The number of anilines is 1. The summed E-state index contributed by atoms with van der Waals surface area (Å²) in [5, 5.41) is 18.6. The number of nitro groups is 1. The molecule has 0 unspecified atom stereocenters. The topological polar surface area (TPSA) is 90.1 Å². The lowest BCUT2D eigenvalue weighted by Gasteiger charge is -2.11. The number of carbonyl (C=O) groups is 1. The summed E-state index contributed by atoms with van der Waals surface area (Å²) in [6.45, 7) is 5.96. The van der Waals surface area contributed by atoms with Crippen molar-refractivity contribution in [3.05, 3.63) is 105 Å². The fourth-order valence-electron chi connectivity index (χ4n) is 3.50. The molecule has 0 aliphatic carbocycles. The van der Waals surface area contributed by atoms with E-state index >= 15 is 0 Å². The minimum Gasteiger partial charge on any atom is -0.321 e. The van der Waals surface area contributed by atoms with E-state index in [4.69, 9.17) is 0 Å². The highest BCUT2D eigenvalue weighted by Gasteiger charge is 2.19. The lowest BCUT2D eigenvalue weighted by molar-refractivity contribution is -0.384. The van der Waals surface area contributed by atoms with Crippen LogP contribution in [-0.2, 0) is 0 Å². The van der Waals surface area contributed by atoms with Gasteiger partial charge in [-0.15, -0.1) is 0 Å². The second-order valence-corrected chi connectivity index (χ2v) is 7.74. The van der Waals surface area contributed by atoms with Gasteiger partial charge in [0, 0.05) is 23.4 Å². The maximum absolute atomic E-state index is 13.2. The Morgan fingerprint density at radius 1 is 0.906 bits per heavy atom. The van der Waals surface area contributed by atoms with Crippen LogP contribution in [-0.4, -0.2) is 20.6 Å². The normalized spacial score (nSPS) is 10.7. The highest BCUT2D eigenvalue weighted by molar-refractivity contribution is 6.04. The Labute approximate surface area is 185 Å². The third kappa shape index (κ3) is 4.27. The number of amides is 1. The molecule has 0 fully saturated rings. The lowest BCUT2D eigenvalue weighted by atomic mass is 10.1. The Hall–Kier alpha value is -4.26. The molecule has 32 heavy (non-hydrogen) atoms. The predicted molar refractivity (Wildman–Crippen MR) is 124 cm³/mol. The fourth-order valence-corrected chi connectivity index (χ4v) is 3.50. The van der Waals surface area contributed by atoms with Crippen molar-refractivity contribution in [2.45, 2.75) is 20.8 Å². The van der Waals surface area contributed by atoms with Gasteiger partial charge >= 0.3 is 0 Å². The number of carbonyl (C=O) groups excluding carboxylic acids is 1. The summed E-state index contributed by atoms with van der Waals surface area (Å²) in [5.41, 5.74) is 6.27. The molecule has 4 aromatic rings. The number of nitrogens with one attached hydrogen (secondary N) is 1. The first-order valence-electron chi connectivity index (χ1n) is 10.1. The summed E-state index contributed by atoms with van der Waals surface area (Å²) in [7, 11) is 0. The van der Waals surface area contributed by atoms with Gasteiger partial charge in [-0.05, 0) is 62.7 Å². The molecule has 0 radical (unpaired) electrons. The Morgan fingerprint density at radius 2 is 1.56 bits per heavy atom. The molecule has 0 spiro atoms. The van der Waals surface area contributed by atoms with E-state index in [1.807, 2.05) is 63.2 Å². The molecule has 0 atom stereocenters. The van der Waals surface area contributed by atoms with Gasteiger partial charge in [-0.25, -0.2) is 4.68 Å². The first-order chi connectivity index (χ1) is 15.3. The van der Waals surface area contributed by atoms with Crippen molar-refractivity contribution in [1.29, 1.82) is 0 Å². The van der Waals surface area contributed by atoms with Crippen molar-refractivity contribution >= 4 is 17.3 Å². The van der Waals surface area contributed by atoms with Crippen LogP contribution in [0.25, 0.3) is 16.9 Å². The zero-order valence-corrected chi connectivity index (χ0v) is 18.0. The minimum atomic E-state index is -0.446. The summed E-state index contributed by atoms with van der Waals surface area (Å²) >= 11 is 0. The number of aryl methyl sites for hydroxylation is 3. The van der Waals surface area contributed by atoms with Gasteiger partial charge in [0.15, 0.2) is 0 Å². The Balaban J connectivity index is 1.78. The van der Waals surface area contributed by atoms with Gasteiger partial charge in [0.2, 0.25) is 0 Å². The lowest BCUT2D eigenvalue weighted by Crippen LogP contribution is -2.17. The van der Waals surface area contributed by atoms with E-state index in [-0.39, 0.29) is 11.6 Å². The standard InChI is InChI=1S/C25H22N4O3/c1-16-4-9-20(10-5-16)26-25(30)24-15-22(19-7-11-21(12-8-19)29(31)32)27-28(24)23-13-6-17(2)14-18(23)3/h4-15H,1-3H3,(H,26,30). The number of aromatic nitrogens is 2. The highest BCUT2D eigenvalue weighted by atomic mass is 16.6. The van der Waals surface area contributed by atoms with Crippen LogP contribution in [0.1, 0.15) is 27.2 Å². The smallest absolute Gasteiger partial charge is 0.274 e. The van der Waals surface area contributed by atoms with E-state index in [9.17, 15) is 14.9 Å². The Bertz CT molecular complexity index is 1310. The molecule has 1 amide bonds. The number of nitrogens with zero attached hydrogens (tertiary/aromatic N) is 3. The van der Waals surface area contributed by atoms with Crippen LogP contribution in [0.4, 0.5) is 11.4 Å². The van der Waals surface area contributed by atoms with Gasteiger partial charge in [0.1, 0.15) is 5.69 Å². The van der Waals surface area contributed by atoms with Crippen LogP contribution in [0.5, 0.6) is 0 Å². The largest absolute Gasteiger partial charge is 0.321 e. The van der Waals surface area contributed by atoms with Crippen LogP contribution in [0.3, 0.4) is 0 Å². The van der Waals surface area contributed by atoms with Crippen molar-refractivity contribution in [1.82, 2.24) is 9.78 Å². The Kier molecular flexibility index (Phi) is 5.55. The van der Waals surface area contributed by atoms with Gasteiger partial charge in [0.25, 0.3) is 11.6 Å². The van der Waals surface area contributed by atoms with E-state index in [0.29, 0.717) is 22.6 Å². The number of nitro benzene ring substituents is 1. The predicted octanol–water partition coefficient (Wildman–Crippen LogP) is 5.63. The van der Waals surface area contributed by atoms with Crippen LogP contribution in [0, 0.1) is 30.9 Å². The number of hydrogen-bond acceptors (Lipinski definition) is 4. The molecular weight excluding hydrogens is 404 g/mol. The second-order valence-electron chi connectivity index (χ2n) is 7.74. The summed E-state index contributed by atoms with van der Waals surface area (Å²) in [5.74, 6) is -0.297. The molecule has 0 bridgehead atoms. The number of non-ortho nitro benzene ring substituents is 1. The summed E-state index contributed by atoms with van der Waals surface area (Å²) < 4.78 is 1.62. The van der Waals surface area contributed by atoms with Crippen LogP contribution >= 0.6 is 0 Å². The fraction of sp³-hybridized carbons (Fsp3) is 0.120. The van der Waals surface area contributed by atoms with Crippen molar-refractivity contribution in [2.75, 3.05) is 5.32 Å². The monoisotopic (exact) mass is 426 g/mol. The molecule has 4 rings (SSSR count). The molecule has 0 saturated heterocycles. The third-order valence-corrected chi connectivity index (χ3v) is 5.21. The molecule has 0 aliphatic heterocycles. The number of benzene rings is 3. The van der Waals surface area contributed by atoms with Gasteiger partial charge in [-0.2, -0.15) is 5.10 Å².